The van der Waals surface area contributed by atoms with Crippen molar-refractivity contribution in [1.82, 2.24) is 5.43 Å². The van der Waals surface area contributed by atoms with E-state index in [0.717, 1.165) is 11.6 Å². The number of primary amides is 1. The summed E-state index contributed by atoms with van der Waals surface area (Å²) in [5.74, 6) is 1.26. The van der Waals surface area contributed by atoms with Crippen LogP contribution in [0.1, 0.15) is 66.2 Å². The van der Waals surface area contributed by atoms with Crippen LogP contribution in [0.15, 0.2) is 5.10 Å². The van der Waals surface area contributed by atoms with E-state index in [9.17, 15) is 4.79 Å². The van der Waals surface area contributed by atoms with Gasteiger partial charge in [-0.1, -0.05) is 40.0 Å². The molecule has 19 heavy (non-hydrogen) atoms. The second-order valence-electron chi connectivity index (χ2n) is 5.84. The first-order valence-electron chi connectivity index (χ1n) is 7.63. The molecule has 0 aromatic heterocycles. The molecule has 0 bridgehead atoms. The zero-order chi connectivity index (χ0) is 14.5. The molecule has 4 nitrogen and oxygen atoms in total. The molecule has 0 radical (unpaired) electrons. The van der Waals surface area contributed by atoms with Crippen LogP contribution in [-0.4, -0.2) is 11.7 Å². The fourth-order valence-electron chi connectivity index (χ4n) is 4.00. The quantitative estimate of drug-likeness (QED) is 0.511. The molecule has 0 aromatic carbocycles. The molecular formula is C15H29N3O. The van der Waals surface area contributed by atoms with E-state index >= 15 is 0 Å². The third-order valence-corrected chi connectivity index (χ3v) is 4.47. The molecule has 1 fully saturated rings. The molecule has 1 saturated carbocycles. The number of carbonyl (C=O) groups excluding carboxylic acids is 1. The van der Waals surface area contributed by atoms with Crippen molar-refractivity contribution in [3.8, 4) is 0 Å². The number of rotatable bonds is 8. The molecule has 0 aliphatic heterocycles. The van der Waals surface area contributed by atoms with Crippen LogP contribution in [-0.2, 0) is 0 Å². The molecule has 2 amide bonds. The standard InChI is InChI=1S/C15H29N3O/c1-5-8-12-13(11(4)17-18-14(16)19)15(12,9-6-2)10-7-3/h12-13H,5-10H2,1-4H3,(H3,16,18,19). The molecule has 0 aromatic rings. The van der Waals surface area contributed by atoms with Crippen molar-refractivity contribution in [2.75, 3.05) is 0 Å². The third kappa shape index (κ3) is 3.48. The van der Waals surface area contributed by atoms with Gasteiger partial charge in [-0.2, -0.15) is 5.10 Å². The van der Waals surface area contributed by atoms with E-state index in [-0.39, 0.29) is 0 Å². The Hall–Kier alpha value is -1.06. The molecule has 0 spiro atoms. The van der Waals surface area contributed by atoms with Crippen LogP contribution < -0.4 is 11.2 Å². The molecule has 4 heteroatoms. The minimum absolute atomic E-state index is 0.423. The van der Waals surface area contributed by atoms with Crippen LogP contribution in [0.3, 0.4) is 0 Å². The Balaban J connectivity index is 2.83. The average Bonchev–Trinajstić information content (AvgIpc) is 2.95. The number of hydrogen-bond donors (Lipinski definition) is 2. The maximum atomic E-state index is 10.8. The van der Waals surface area contributed by atoms with Gasteiger partial charge in [0.1, 0.15) is 0 Å². The summed E-state index contributed by atoms with van der Waals surface area (Å²) in [4.78, 5) is 10.8. The first-order valence-corrected chi connectivity index (χ1v) is 7.63. The molecule has 0 heterocycles. The number of nitrogens with one attached hydrogen (secondary N) is 1. The Morgan fingerprint density at radius 2 is 1.79 bits per heavy atom. The van der Waals surface area contributed by atoms with Crippen molar-refractivity contribution in [3.05, 3.63) is 0 Å². The highest BCUT2D eigenvalue weighted by Gasteiger charge is 2.62. The number of nitrogens with zero attached hydrogens (tertiary/aromatic N) is 1. The highest BCUT2D eigenvalue weighted by molar-refractivity contribution is 5.89. The van der Waals surface area contributed by atoms with Crippen LogP contribution in [0.2, 0.25) is 0 Å². The van der Waals surface area contributed by atoms with E-state index < -0.39 is 6.03 Å². The zero-order valence-corrected chi connectivity index (χ0v) is 12.8. The molecular weight excluding hydrogens is 238 g/mol. The molecule has 110 valence electrons. The SMILES string of the molecule is CCCC1C(C(C)=NNC(N)=O)C1(CCC)CCC. The molecule has 1 aliphatic rings. The van der Waals surface area contributed by atoms with Crippen molar-refractivity contribution in [1.29, 1.82) is 0 Å². The van der Waals surface area contributed by atoms with Crippen molar-refractivity contribution in [2.24, 2.45) is 28.1 Å². The minimum Gasteiger partial charge on any atom is -0.350 e. The number of amides is 2. The van der Waals surface area contributed by atoms with Gasteiger partial charge in [0.25, 0.3) is 0 Å². The van der Waals surface area contributed by atoms with E-state index in [1.807, 2.05) is 6.92 Å². The van der Waals surface area contributed by atoms with Crippen molar-refractivity contribution >= 4 is 11.7 Å². The molecule has 0 saturated heterocycles. The summed E-state index contributed by atoms with van der Waals surface area (Å²) < 4.78 is 0. The van der Waals surface area contributed by atoms with Crippen molar-refractivity contribution < 1.29 is 4.79 Å². The van der Waals surface area contributed by atoms with Gasteiger partial charge in [0.15, 0.2) is 0 Å². The first-order chi connectivity index (χ1) is 9.03. The number of nitrogens with two attached hydrogens (primary N) is 1. The van der Waals surface area contributed by atoms with Crippen LogP contribution in [0.4, 0.5) is 4.79 Å². The summed E-state index contributed by atoms with van der Waals surface area (Å²) in [6, 6.07) is -0.580. The van der Waals surface area contributed by atoms with Gasteiger partial charge in [-0.05, 0) is 37.5 Å². The van der Waals surface area contributed by atoms with Crippen LogP contribution >= 0.6 is 0 Å². The number of hydrazone groups is 1. The van der Waals surface area contributed by atoms with Crippen LogP contribution in [0.5, 0.6) is 0 Å². The Labute approximate surface area is 117 Å². The second kappa shape index (κ2) is 6.92. The maximum absolute atomic E-state index is 10.8. The predicted octanol–water partition coefficient (Wildman–Crippen LogP) is 3.66. The highest BCUT2D eigenvalue weighted by atomic mass is 16.2. The number of carbonyl (C=O) groups is 1. The normalized spacial score (nSPS) is 25.2. The number of urea groups is 1. The van der Waals surface area contributed by atoms with E-state index in [2.05, 4.69) is 31.3 Å². The van der Waals surface area contributed by atoms with Crippen molar-refractivity contribution in [2.45, 2.75) is 66.2 Å². The fraction of sp³-hybridized carbons (Fsp3) is 0.867. The Morgan fingerprint density at radius 1 is 1.21 bits per heavy atom. The minimum atomic E-state index is -0.580. The van der Waals surface area contributed by atoms with Crippen LogP contribution in [0, 0.1) is 17.3 Å². The molecule has 2 unspecified atom stereocenters. The summed E-state index contributed by atoms with van der Waals surface area (Å²) in [7, 11) is 0. The van der Waals surface area contributed by atoms with Gasteiger partial charge in [0.2, 0.25) is 0 Å². The maximum Gasteiger partial charge on any atom is 0.332 e. The van der Waals surface area contributed by atoms with Gasteiger partial charge in [0, 0.05) is 11.6 Å². The van der Waals surface area contributed by atoms with Gasteiger partial charge in [-0.15, -0.1) is 0 Å². The molecule has 2 atom stereocenters. The number of hydrogen-bond acceptors (Lipinski definition) is 2. The summed E-state index contributed by atoms with van der Waals surface area (Å²) in [6.07, 6.45) is 7.43. The summed E-state index contributed by atoms with van der Waals surface area (Å²) in [6.45, 7) is 8.77. The Morgan fingerprint density at radius 3 is 2.21 bits per heavy atom. The van der Waals surface area contributed by atoms with Crippen LogP contribution in [0.25, 0.3) is 0 Å². The lowest BCUT2D eigenvalue weighted by Gasteiger charge is -2.16. The van der Waals surface area contributed by atoms with Gasteiger partial charge in [-0.25, -0.2) is 10.2 Å². The first kappa shape index (κ1) is 16.0. The lowest BCUT2D eigenvalue weighted by Crippen LogP contribution is -2.26. The van der Waals surface area contributed by atoms with Gasteiger partial charge < -0.3 is 5.73 Å². The third-order valence-electron chi connectivity index (χ3n) is 4.47. The van der Waals surface area contributed by atoms with Gasteiger partial charge >= 0.3 is 6.03 Å². The Kier molecular flexibility index (Phi) is 5.83. The topological polar surface area (TPSA) is 67.5 Å². The predicted molar refractivity (Wildman–Crippen MR) is 80.0 cm³/mol. The van der Waals surface area contributed by atoms with Crippen molar-refractivity contribution in [3.63, 3.8) is 0 Å². The molecule has 1 aliphatic carbocycles. The summed E-state index contributed by atoms with van der Waals surface area (Å²) in [5.41, 5.74) is 8.92. The largest absolute Gasteiger partial charge is 0.350 e. The molecule has 3 N–H and O–H groups in total. The second-order valence-corrected chi connectivity index (χ2v) is 5.84. The van der Waals surface area contributed by atoms with Gasteiger partial charge in [0.05, 0.1) is 0 Å². The summed E-state index contributed by atoms with van der Waals surface area (Å²) >= 11 is 0. The fourth-order valence-corrected chi connectivity index (χ4v) is 4.00. The van der Waals surface area contributed by atoms with E-state index in [0.29, 0.717) is 11.3 Å². The lowest BCUT2D eigenvalue weighted by molar-refractivity contribution is 0.249. The monoisotopic (exact) mass is 267 g/mol. The Bertz CT molecular complexity index is 332. The van der Waals surface area contributed by atoms with Gasteiger partial charge in [-0.3, -0.25) is 0 Å². The van der Waals surface area contributed by atoms with E-state index in [1.54, 1.807) is 0 Å². The average molecular weight is 267 g/mol. The zero-order valence-electron chi connectivity index (χ0n) is 12.8. The smallest absolute Gasteiger partial charge is 0.332 e. The van der Waals surface area contributed by atoms with E-state index in [4.69, 9.17) is 5.73 Å². The lowest BCUT2D eigenvalue weighted by atomic mass is 9.89. The highest BCUT2D eigenvalue weighted by Crippen LogP contribution is 2.66. The summed E-state index contributed by atoms with van der Waals surface area (Å²) in [5, 5.41) is 4.17. The van der Waals surface area contributed by atoms with E-state index in [1.165, 1.54) is 38.5 Å². The molecule has 1 rings (SSSR count).